The molecular weight excluding hydrogens is 751 g/mol. The normalized spacial score (nSPS) is 11.7. The molecule has 10 aromatic carbocycles. The van der Waals surface area contributed by atoms with E-state index >= 15 is 0 Å². The van der Waals surface area contributed by atoms with Gasteiger partial charge in [-0.2, -0.15) is 0 Å². The summed E-state index contributed by atoms with van der Waals surface area (Å²) in [4.78, 5) is 2.47. The summed E-state index contributed by atoms with van der Waals surface area (Å²) in [5.41, 5.74) is 10.7. The van der Waals surface area contributed by atoms with E-state index in [4.69, 9.17) is 0 Å². The van der Waals surface area contributed by atoms with Crippen molar-refractivity contribution in [1.82, 2.24) is 0 Å². The van der Waals surface area contributed by atoms with E-state index in [0.717, 1.165) is 11.4 Å². The van der Waals surface area contributed by atoms with Gasteiger partial charge < -0.3 is 4.90 Å². The molecule has 0 bridgehead atoms. The Kier molecular flexibility index (Phi) is 7.97. The summed E-state index contributed by atoms with van der Waals surface area (Å²) in [6.07, 6.45) is 0. The standard InChI is InChI=1S/C56H35NS2/c1-2-14-36(15-3-1)50-35-40(32-33-44(50)46-22-13-27-54-55(46)48-21-9-11-26-53(48)58-54)57(51-24-12-23-47-45-20-8-10-25-52(45)59-56(47)51)39-30-28-37(29-31-39)49-34-38-16-4-5-17-41(38)42-18-6-7-19-43(42)49/h1-35H. The van der Waals surface area contributed by atoms with Gasteiger partial charge in [-0.05, 0) is 110 Å². The van der Waals surface area contributed by atoms with Crippen LogP contribution in [0, 0.1) is 0 Å². The summed E-state index contributed by atoms with van der Waals surface area (Å²) in [5.74, 6) is 0. The Morgan fingerprint density at radius 1 is 0.305 bits per heavy atom. The number of nitrogens with zero attached hydrogens (tertiary/aromatic N) is 1. The fraction of sp³-hybridized carbons (Fsp3) is 0. The average Bonchev–Trinajstić information content (AvgIpc) is 3.89. The highest BCUT2D eigenvalue weighted by atomic mass is 32.1. The van der Waals surface area contributed by atoms with Crippen LogP contribution in [0.3, 0.4) is 0 Å². The molecule has 0 aliphatic heterocycles. The van der Waals surface area contributed by atoms with Crippen molar-refractivity contribution < 1.29 is 0 Å². The van der Waals surface area contributed by atoms with Crippen LogP contribution in [0.15, 0.2) is 212 Å². The highest BCUT2D eigenvalue weighted by Crippen LogP contribution is 2.48. The maximum absolute atomic E-state index is 2.47. The topological polar surface area (TPSA) is 3.24 Å². The Hall–Kier alpha value is -7.04. The third-order valence-electron chi connectivity index (χ3n) is 11.9. The molecular formula is C56H35NS2. The van der Waals surface area contributed by atoms with Gasteiger partial charge in [-0.25, -0.2) is 0 Å². The first-order valence-electron chi connectivity index (χ1n) is 20.1. The predicted octanol–water partition coefficient (Wildman–Crippen LogP) is 17.2. The first-order chi connectivity index (χ1) is 29.3. The van der Waals surface area contributed by atoms with Crippen LogP contribution in [-0.2, 0) is 0 Å². The fourth-order valence-electron chi connectivity index (χ4n) is 9.18. The number of hydrogen-bond acceptors (Lipinski definition) is 3. The van der Waals surface area contributed by atoms with Crippen molar-refractivity contribution in [3.63, 3.8) is 0 Å². The van der Waals surface area contributed by atoms with Crippen LogP contribution >= 0.6 is 22.7 Å². The van der Waals surface area contributed by atoms with Gasteiger partial charge >= 0.3 is 0 Å². The van der Waals surface area contributed by atoms with Gasteiger partial charge in [-0.3, -0.25) is 0 Å². The Bertz CT molecular complexity index is 3560. The average molecular weight is 786 g/mol. The molecule has 0 fully saturated rings. The lowest BCUT2D eigenvalue weighted by Gasteiger charge is -2.27. The number of thiophene rings is 2. The van der Waals surface area contributed by atoms with E-state index in [1.54, 1.807) is 0 Å². The van der Waals surface area contributed by atoms with Gasteiger partial charge in [-0.15, -0.1) is 22.7 Å². The van der Waals surface area contributed by atoms with Crippen LogP contribution in [0.2, 0.25) is 0 Å². The fourth-order valence-corrected chi connectivity index (χ4v) is 11.5. The molecule has 0 aliphatic carbocycles. The summed E-state index contributed by atoms with van der Waals surface area (Å²) in [6, 6.07) is 78.2. The predicted molar refractivity (Wildman–Crippen MR) is 258 cm³/mol. The second-order valence-corrected chi connectivity index (χ2v) is 17.3. The van der Waals surface area contributed by atoms with Crippen molar-refractivity contribution in [2.45, 2.75) is 0 Å². The highest BCUT2D eigenvalue weighted by Gasteiger charge is 2.22. The van der Waals surface area contributed by atoms with Crippen molar-refractivity contribution in [2.75, 3.05) is 4.90 Å². The first kappa shape index (κ1) is 34.0. The second kappa shape index (κ2) is 13.8. The minimum Gasteiger partial charge on any atom is -0.309 e. The highest BCUT2D eigenvalue weighted by molar-refractivity contribution is 7.26. The monoisotopic (exact) mass is 785 g/mol. The van der Waals surface area contributed by atoms with E-state index in [1.165, 1.54) is 101 Å². The van der Waals surface area contributed by atoms with Gasteiger partial charge in [-0.1, -0.05) is 158 Å². The molecule has 0 saturated carbocycles. The van der Waals surface area contributed by atoms with Crippen LogP contribution in [0.4, 0.5) is 17.1 Å². The van der Waals surface area contributed by atoms with E-state index in [2.05, 4.69) is 217 Å². The van der Waals surface area contributed by atoms with E-state index in [9.17, 15) is 0 Å². The first-order valence-corrected chi connectivity index (χ1v) is 21.7. The van der Waals surface area contributed by atoms with Crippen molar-refractivity contribution >= 4 is 102 Å². The summed E-state index contributed by atoms with van der Waals surface area (Å²) < 4.78 is 5.20. The molecule has 0 spiro atoms. The molecule has 0 amide bonds. The Labute approximate surface area is 350 Å². The molecule has 276 valence electrons. The molecule has 1 nitrogen and oxygen atoms in total. The zero-order valence-electron chi connectivity index (χ0n) is 32.0. The molecule has 59 heavy (non-hydrogen) atoms. The molecule has 3 heteroatoms. The van der Waals surface area contributed by atoms with Crippen LogP contribution in [0.1, 0.15) is 0 Å². The number of anilines is 3. The Balaban J connectivity index is 1.08. The number of hydrogen-bond donors (Lipinski definition) is 0. The van der Waals surface area contributed by atoms with E-state index in [-0.39, 0.29) is 0 Å². The van der Waals surface area contributed by atoms with Gasteiger partial charge in [0.15, 0.2) is 0 Å². The smallest absolute Gasteiger partial charge is 0.0640 e. The van der Waals surface area contributed by atoms with Crippen LogP contribution in [0.5, 0.6) is 0 Å². The molecule has 2 aromatic heterocycles. The molecule has 0 unspecified atom stereocenters. The maximum Gasteiger partial charge on any atom is 0.0640 e. The minimum atomic E-state index is 1.11. The molecule has 12 rings (SSSR count). The number of rotatable bonds is 6. The zero-order valence-corrected chi connectivity index (χ0v) is 33.6. The summed E-state index contributed by atoms with van der Waals surface area (Å²) in [5, 5.41) is 10.3. The van der Waals surface area contributed by atoms with Crippen molar-refractivity contribution in [1.29, 1.82) is 0 Å². The van der Waals surface area contributed by atoms with Crippen LogP contribution in [-0.4, -0.2) is 0 Å². The van der Waals surface area contributed by atoms with Crippen molar-refractivity contribution in [3.8, 4) is 33.4 Å². The lowest BCUT2D eigenvalue weighted by atomic mass is 9.91. The lowest BCUT2D eigenvalue weighted by molar-refractivity contribution is 1.30. The second-order valence-electron chi connectivity index (χ2n) is 15.2. The SMILES string of the molecule is c1ccc(-c2cc(N(c3ccc(-c4cc5ccccc5c5ccccc45)cc3)c3cccc4c3sc3ccccc34)ccc2-c2cccc3sc4ccccc4c23)cc1. The summed E-state index contributed by atoms with van der Waals surface area (Å²) in [6.45, 7) is 0. The number of fused-ring (bicyclic) bond motifs is 9. The molecule has 2 heterocycles. The van der Waals surface area contributed by atoms with Gasteiger partial charge in [0, 0.05) is 47.0 Å². The quantitative estimate of drug-likeness (QED) is 0.152. The largest absolute Gasteiger partial charge is 0.309 e. The van der Waals surface area contributed by atoms with Gasteiger partial charge in [0.05, 0.1) is 10.4 Å². The van der Waals surface area contributed by atoms with Crippen LogP contribution in [0.25, 0.3) is 95.3 Å². The summed E-state index contributed by atoms with van der Waals surface area (Å²) >= 11 is 3.74. The Morgan fingerprint density at radius 2 is 0.915 bits per heavy atom. The molecule has 0 aliphatic rings. The van der Waals surface area contributed by atoms with E-state index < -0.39 is 0 Å². The third-order valence-corrected chi connectivity index (χ3v) is 14.2. The summed E-state index contributed by atoms with van der Waals surface area (Å²) in [7, 11) is 0. The van der Waals surface area contributed by atoms with Gasteiger partial charge in [0.1, 0.15) is 0 Å². The molecule has 0 radical (unpaired) electrons. The van der Waals surface area contributed by atoms with Gasteiger partial charge in [0.2, 0.25) is 0 Å². The van der Waals surface area contributed by atoms with Crippen molar-refractivity contribution in [2.24, 2.45) is 0 Å². The lowest BCUT2D eigenvalue weighted by Crippen LogP contribution is -2.10. The van der Waals surface area contributed by atoms with E-state index in [0.29, 0.717) is 0 Å². The zero-order chi connectivity index (χ0) is 38.9. The van der Waals surface area contributed by atoms with Gasteiger partial charge in [0.25, 0.3) is 0 Å². The molecule has 0 N–H and O–H groups in total. The van der Waals surface area contributed by atoms with Crippen molar-refractivity contribution in [3.05, 3.63) is 212 Å². The van der Waals surface area contributed by atoms with Crippen LogP contribution < -0.4 is 4.90 Å². The maximum atomic E-state index is 2.47. The molecule has 0 atom stereocenters. The number of benzene rings is 10. The third kappa shape index (κ3) is 5.58. The molecule has 12 aromatic rings. The van der Waals surface area contributed by atoms with E-state index in [1.807, 2.05) is 22.7 Å². The Morgan fingerprint density at radius 3 is 1.75 bits per heavy atom. The minimum absolute atomic E-state index is 1.11. The molecule has 0 saturated heterocycles.